The van der Waals surface area contributed by atoms with Crippen molar-refractivity contribution in [1.82, 2.24) is 0 Å². The fraction of sp³-hybridized carbons (Fsp3) is 0.143. The summed E-state index contributed by atoms with van der Waals surface area (Å²) in [7, 11) is 0. The number of benzene rings is 1. The second-order valence-corrected chi connectivity index (χ2v) is 2.50. The number of nitrogen functional groups attached to an aromatic ring is 1. The second-order valence-electron chi connectivity index (χ2n) is 2.06. The zero-order chi connectivity index (χ0) is 9.14. The molecule has 0 bridgehead atoms. The van der Waals surface area contributed by atoms with Crippen LogP contribution < -0.4 is 10.5 Å². The Kier molecular flexibility index (Phi) is 2.70. The number of alkyl halides is 2. The van der Waals surface area contributed by atoms with Crippen molar-refractivity contribution >= 4 is 17.3 Å². The van der Waals surface area contributed by atoms with Gasteiger partial charge in [0.05, 0.1) is 5.69 Å². The monoisotopic (exact) mass is 193 g/mol. The van der Waals surface area contributed by atoms with E-state index >= 15 is 0 Å². The van der Waals surface area contributed by atoms with Crippen LogP contribution in [0.3, 0.4) is 0 Å². The Morgan fingerprint density at radius 2 is 2.08 bits per heavy atom. The lowest BCUT2D eigenvalue weighted by Gasteiger charge is -2.06. The van der Waals surface area contributed by atoms with E-state index in [1.807, 2.05) is 0 Å². The fourth-order valence-corrected chi connectivity index (χ4v) is 0.903. The molecule has 0 heterocycles. The van der Waals surface area contributed by atoms with Gasteiger partial charge in [-0.05, 0) is 18.2 Å². The molecule has 0 amide bonds. The molecule has 2 nitrogen and oxygen atoms in total. The van der Waals surface area contributed by atoms with Gasteiger partial charge in [0.15, 0.2) is 0 Å². The highest BCUT2D eigenvalue weighted by molar-refractivity contribution is 6.30. The Hall–Kier alpha value is -1.03. The number of rotatable bonds is 2. The lowest BCUT2D eigenvalue weighted by Crippen LogP contribution is -2.04. The van der Waals surface area contributed by atoms with Crippen LogP contribution in [0, 0.1) is 0 Å². The van der Waals surface area contributed by atoms with E-state index in [1.54, 1.807) is 0 Å². The molecule has 0 atom stereocenters. The van der Waals surface area contributed by atoms with Crippen LogP contribution in [0.5, 0.6) is 5.75 Å². The first kappa shape index (κ1) is 9.06. The maximum absolute atomic E-state index is 11.7. The van der Waals surface area contributed by atoms with Gasteiger partial charge in [0, 0.05) is 5.02 Å². The molecule has 0 saturated heterocycles. The molecular formula is C7H6ClF2NO. The van der Waals surface area contributed by atoms with E-state index in [2.05, 4.69) is 4.74 Å². The fourth-order valence-electron chi connectivity index (χ4n) is 0.723. The quantitative estimate of drug-likeness (QED) is 0.733. The summed E-state index contributed by atoms with van der Waals surface area (Å²) >= 11 is 5.53. The van der Waals surface area contributed by atoms with E-state index in [1.165, 1.54) is 18.2 Å². The van der Waals surface area contributed by atoms with Crippen LogP contribution in [0.1, 0.15) is 0 Å². The van der Waals surface area contributed by atoms with Gasteiger partial charge in [-0.2, -0.15) is 8.78 Å². The average Bonchev–Trinajstić information content (AvgIpc) is 1.94. The minimum atomic E-state index is -2.87. The maximum atomic E-state index is 11.7. The van der Waals surface area contributed by atoms with Crippen molar-refractivity contribution in [3.63, 3.8) is 0 Å². The highest BCUT2D eigenvalue weighted by atomic mass is 35.5. The zero-order valence-corrected chi connectivity index (χ0v) is 6.68. The van der Waals surface area contributed by atoms with Gasteiger partial charge in [-0.25, -0.2) is 0 Å². The highest BCUT2D eigenvalue weighted by Crippen LogP contribution is 2.26. The molecule has 5 heteroatoms. The largest absolute Gasteiger partial charge is 0.433 e. The molecule has 1 aromatic rings. The van der Waals surface area contributed by atoms with Crippen LogP contribution in [0.4, 0.5) is 14.5 Å². The third-order valence-corrected chi connectivity index (χ3v) is 1.42. The molecule has 1 aromatic carbocycles. The van der Waals surface area contributed by atoms with Gasteiger partial charge in [0.1, 0.15) is 5.75 Å². The minimum Gasteiger partial charge on any atom is -0.433 e. The summed E-state index contributed by atoms with van der Waals surface area (Å²) in [5.41, 5.74) is 5.43. The predicted octanol–water partition coefficient (Wildman–Crippen LogP) is 2.52. The van der Waals surface area contributed by atoms with Crippen LogP contribution >= 0.6 is 11.6 Å². The Bertz CT molecular complexity index is 280. The lowest BCUT2D eigenvalue weighted by molar-refractivity contribution is -0.0493. The minimum absolute atomic E-state index is 0.0607. The molecule has 0 aromatic heterocycles. The molecule has 0 aliphatic rings. The van der Waals surface area contributed by atoms with Crippen LogP contribution in [-0.2, 0) is 0 Å². The lowest BCUT2D eigenvalue weighted by atomic mass is 10.3. The maximum Gasteiger partial charge on any atom is 0.387 e. The average molecular weight is 194 g/mol. The van der Waals surface area contributed by atoms with Crippen LogP contribution in [0.2, 0.25) is 5.02 Å². The summed E-state index contributed by atoms with van der Waals surface area (Å²) in [5, 5.41) is 0.383. The van der Waals surface area contributed by atoms with Gasteiger partial charge in [-0.3, -0.25) is 0 Å². The molecule has 0 fully saturated rings. The SMILES string of the molecule is Nc1cc(Cl)ccc1OC(F)F. The summed E-state index contributed by atoms with van der Waals surface area (Å²) < 4.78 is 27.5. The second kappa shape index (κ2) is 3.58. The van der Waals surface area contributed by atoms with Gasteiger partial charge in [-0.15, -0.1) is 0 Å². The van der Waals surface area contributed by atoms with Crippen molar-refractivity contribution in [2.75, 3.05) is 5.73 Å². The first-order valence-corrected chi connectivity index (χ1v) is 3.47. The zero-order valence-electron chi connectivity index (χ0n) is 5.93. The molecule has 2 N–H and O–H groups in total. The van der Waals surface area contributed by atoms with E-state index in [-0.39, 0.29) is 11.4 Å². The number of hydrogen-bond donors (Lipinski definition) is 1. The smallest absolute Gasteiger partial charge is 0.387 e. The van der Waals surface area contributed by atoms with Crippen molar-refractivity contribution in [3.8, 4) is 5.75 Å². The summed E-state index contributed by atoms with van der Waals surface area (Å²) in [5.74, 6) is -0.0607. The number of ether oxygens (including phenoxy) is 1. The Morgan fingerprint density at radius 1 is 1.42 bits per heavy atom. The summed E-state index contributed by atoms with van der Waals surface area (Å²) in [4.78, 5) is 0. The van der Waals surface area contributed by atoms with Crippen molar-refractivity contribution < 1.29 is 13.5 Å². The van der Waals surface area contributed by atoms with E-state index in [0.717, 1.165) is 0 Å². The van der Waals surface area contributed by atoms with Crippen LogP contribution in [0.25, 0.3) is 0 Å². The van der Waals surface area contributed by atoms with E-state index in [4.69, 9.17) is 17.3 Å². The van der Waals surface area contributed by atoms with Crippen LogP contribution in [0.15, 0.2) is 18.2 Å². The molecule has 0 aliphatic carbocycles. The molecule has 0 saturated carbocycles. The highest BCUT2D eigenvalue weighted by Gasteiger charge is 2.07. The molecule has 0 radical (unpaired) electrons. The molecular weight excluding hydrogens is 188 g/mol. The molecule has 0 aliphatic heterocycles. The molecule has 1 rings (SSSR count). The van der Waals surface area contributed by atoms with Crippen molar-refractivity contribution in [3.05, 3.63) is 23.2 Å². The number of anilines is 1. The van der Waals surface area contributed by atoms with Crippen molar-refractivity contribution in [1.29, 1.82) is 0 Å². The number of halogens is 3. The summed E-state index contributed by atoms with van der Waals surface area (Å²) in [6.45, 7) is -2.87. The molecule has 66 valence electrons. The predicted molar refractivity (Wildman–Crippen MR) is 42.5 cm³/mol. The Balaban J connectivity index is 2.86. The standard InChI is InChI=1S/C7H6ClF2NO/c8-4-1-2-6(5(11)3-4)12-7(9)10/h1-3,7H,11H2. The van der Waals surface area contributed by atoms with Crippen LogP contribution in [-0.4, -0.2) is 6.61 Å². The van der Waals surface area contributed by atoms with E-state index < -0.39 is 6.61 Å². The van der Waals surface area contributed by atoms with Gasteiger partial charge >= 0.3 is 6.61 Å². The molecule has 0 spiro atoms. The first-order chi connectivity index (χ1) is 5.59. The Labute approximate surface area is 72.9 Å². The topological polar surface area (TPSA) is 35.2 Å². The van der Waals surface area contributed by atoms with Crippen molar-refractivity contribution in [2.45, 2.75) is 6.61 Å². The van der Waals surface area contributed by atoms with E-state index in [9.17, 15) is 8.78 Å². The van der Waals surface area contributed by atoms with Crippen molar-refractivity contribution in [2.24, 2.45) is 0 Å². The number of nitrogens with two attached hydrogens (primary N) is 1. The third-order valence-electron chi connectivity index (χ3n) is 1.19. The molecule has 0 unspecified atom stereocenters. The summed E-state index contributed by atoms with van der Waals surface area (Å²) in [6, 6.07) is 4.07. The van der Waals surface area contributed by atoms with Gasteiger partial charge in [0.25, 0.3) is 0 Å². The van der Waals surface area contributed by atoms with E-state index in [0.29, 0.717) is 5.02 Å². The Morgan fingerprint density at radius 3 is 2.58 bits per heavy atom. The van der Waals surface area contributed by atoms with Gasteiger partial charge < -0.3 is 10.5 Å². The number of hydrogen-bond acceptors (Lipinski definition) is 2. The molecule has 12 heavy (non-hydrogen) atoms. The third kappa shape index (κ3) is 2.23. The van der Waals surface area contributed by atoms with Gasteiger partial charge in [0.2, 0.25) is 0 Å². The summed E-state index contributed by atoms with van der Waals surface area (Å²) in [6.07, 6.45) is 0. The van der Waals surface area contributed by atoms with Gasteiger partial charge in [-0.1, -0.05) is 11.6 Å². The first-order valence-electron chi connectivity index (χ1n) is 3.09. The normalized spacial score (nSPS) is 10.3.